The molecule has 1 heterocycles. The van der Waals surface area contributed by atoms with Gasteiger partial charge in [0.05, 0.1) is 0 Å². The van der Waals surface area contributed by atoms with Crippen molar-refractivity contribution in [3.63, 3.8) is 0 Å². The Hall–Kier alpha value is -2.36. The van der Waals surface area contributed by atoms with E-state index in [-0.39, 0.29) is 0 Å². The molecular formula is C12H10N2O2. The van der Waals surface area contributed by atoms with Crippen molar-refractivity contribution in [2.45, 2.75) is 0 Å². The molecule has 1 aromatic heterocycles. The van der Waals surface area contributed by atoms with Gasteiger partial charge in [-0.1, -0.05) is 24.3 Å². The van der Waals surface area contributed by atoms with Crippen LogP contribution in [-0.2, 0) is 4.79 Å². The first-order chi connectivity index (χ1) is 7.68. The summed E-state index contributed by atoms with van der Waals surface area (Å²) in [4.78, 5) is 14.5. The molecule has 0 saturated carbocycles. The number of anilines is 1. The summed E-state index contributed by atoms with van der Waals surface area (Å²) in [7, 11) is 0. The molecule has 0 fully saturated rings. The van der Waals surface area contributed by atoms with Crippen LogP contribution in [0.4, 0.5) is 5.82 Å². The maximum absolute atomic E-state index is 10.4. The van der Waals surface area contributed by atoms with E-state index in [1.807, 2.05) is 24.3 Å². The van der Waals surface area contributed by atoms with E-state index >= 15 is 0 Å². The molecule has 0 aliphatic rings. The highest BCUT2D eigenvalue weighted by atomic mass is 16.4. The number of nitrogens with zero attached hydrogens (tertiary/aromatic N) is 1. The predicted octanol–water partition coefficient (Wildman–Crippen LogP) is 1.91. The number of aliphatic carboxylic acids is 1. The molecule has 4 nitrogen and oxygen atoms in total. The fourth-order valence-electron chi connectivity index (χ4n) is 1.53. The number of nitrogen functional groups attached to an aromatic ring is 1. The first-order valence-corrected chi connectivity index (χ1v) is 4.72. The van der Waals surface area contributed by atoms with E-state index in [0.29, 0.717) is 5.82 Å². The van der Waals surface area contributed by atoms with E-state index in [1.165, 1.54) is 6.08 Å². The van der Waals surface area contributed by atoms with Crippen molar-refractivity contribution in [1.82, 2.24) is 4.98 Å². The Morgan fingerprint density at radius 2 is 2.00 bits per heavy atom. The fraction of sp³-hybridized carbons (Fsp3) is 0. The normalized spacial score (nSPS) is 11.0. The van der Waals surface area contributed by atoms with Gasteiger partial charge in [0.2, 0.25) is 0 Å². The van der Waals surface area contributed by atoms with Gasteiger partial charge in [0.1, 0.15) is 5.82 Å². The Morgan fingerprint density at radius 1 is 1.31 bits per heavy atom. The molecule has 0 unspecified atom stereocenters. The zero-order valence-corrected chi connectivity index (χ0v) is 8.42. The number of carboxylic acids is 1. The van der Waals surface area contributed by atoms with Gasteiger partial charge in [0.25, 0.3) is 0 Å². The largest absolute Gasteiger partial charge is 0.478 e. The number of benzene rings is 1. The minimum absolute atomic E-state index is 0.447. The third-order valence-corrected chi connectivity index (χ3v) is 2.26. The third kappa shape index (κ3) is 1.86. The lowest BCUT2D eigenvalue weighted by atomic mass is 10.1. The summed E-state index contributed by atoms with van der Waals surface area (Å²) in [6.07, 6.45) is 4.16. The molecule has 0 radical (unpaired) electrons. The zero-order chi connectivity index (χ0) is 11.5. The van der Waals surface area contributed by atoms with Gasteiger partial charge in [-0.15, -0.1) is 0 Å². The van der Waals surface area contributed by atoms with Gasteiger partial charge in [0, 0.05) is 23.2 Å². The Kier molecular flexibility index (Phi) is 2.55. The molecule has 0 aliphatic carbocycles. The maximum atomic E-state index is 10.4. The van der Waals surface area contributed by atoms with Gasteiger partial charge in [-0.3, -0.25) is 0 Å². The molecule has 0 spiro atoms. The van der Waals surface area contributed by atoms with Crippen molar-refractivity contribution < 1.29 is 9.90 Å². The standard InChI is InChI=1S/C12H10N2O2/c13-12-10-4-2-1-3-9(10)8(7-14-12)5-6-11(15)16/h1-7H,(H2,13,14)(H,15,16). The van der Waals surface area contributed by atoms with Crippen molar-refractivity contribution in [2.24, 2.45) is 0 Å². The second-order valence-electron chi connectivity index (χ2n) is 3.32. The number of nitrogens with two attached hydrogens (primary N) is 1. The van der Waals surface area contributed by atoms with Crippen LogP contribution in [0, 0.1) is 0 Å². The highest BCUT2D eigenvalue weighted by molar-refractivity contribution is 5.98. The number of rotatable bonds is 2. The van der Waals surface area contributed by atoms with Gasteiger partial charge in [-0.05, 0) is 11.5 Å². The lowest BCUT2D eigenvalue weighted by Crippen LogP contribution is -1.93. The molecule has 4 heteroatoms. The number of fused-ring (bicyclic) bond motifs is 1. The van der Waals surface area contributed by atoms with Crippen LogP contribution in [0.1, 0.15) is 5.56 Å². The Bertz CT molecular complexity index is 576. The first-order valence-electron chi connectivity index (χ1n) is 4.72. The Balaban J connectivity index is 2.63. The van der Waals surface area contributed by atoms with E-state index in [4.69, 9.17) is 10.8 Å². The lowest BCUT2D eigenvalue weighted by Gasteiger charge is -2.03. The van der Waals surface area contributed by atoms with Crippen LogP contribution < -0.4 is 5.73 Å². The number of carbonyl (C=O) groups is 1. The minimum Gasteiger partial charge on any atom is -0.478 e. The smallest absolute Gasteiger partial charge is 0.328 e. The third-order valence-electron chi connectivity index (χ3n) is 2.26. The monoisotopic (exact) mass is 214 g/mol. The molecule has 0 aliphatic heterocycles. The lowest BCUT2D eigenvalue weighted by molar-refractivity contribution is -0.131. The average Bonchev–Trinajstić information content (AvgIpc) is 2.28. The van der Waals surface area contributed by atoms with Crippen molar-refractivity contribution in [3.8, 4) is 0 Å². The predicted molar refractivity (Wildman–Crippen MR) is 62.8 cm³/mol. The second-order valence-corrected chi connectivity index (χ2v) is 3.32. The van der Waals surface area contributed by atoms with Crippen LogP contribution in [0.5, 0.6) is 0 Å². The molecular weight excluding hydrogens is 204 g/mol. The Labute approximate surface area is 92.0 Å². The fourth-order valence-corrected chi connectivity index (χ4v) is 1.53. The second kappa shape index (κ2) is 4.02. The average molecular weight is 214 g/mol. The number of hydrogen-bond acceptors (Lipinski definition) is 3. The van der Waals surface area contributed by atoms with Crippen LogP contribution in [0.15, 0.2) is 36.5 Å². The van der Waals surface area contributed by atoms with Gasteiger partial charge < -0.3 is 10.8 Å². The van der Waals surface area contributed by atoms with E-state index in [1.54, 1.807) is 6.20 Å². The number of pyridine rings is 1. The van der Waals surface area contributed by atoms with E-state index in [0.717, 1.165) is 22.4 Å². The number of carboxylic acid groups (broad SMARTS) is 1. The molecule has 1 aromatic carbocycles. The number of hydrogen-bond donors (Lipinski definition) is 2. The zero-order valence-electron chi connectivity index (χ0n) is 8.42. The van der Waals surface area contributed by atoms with Crippen LogP contribution in [0.25, 0.3) is 16.8 Å². The molecule has 3 N–H and O–H groups in total. The number of aromatic nitrogens is 1. The summed E-state index contributed by atoms with van der Waals surface area (Å²) < 4.78 is 0. The SMILES string of the molecule is Nc1ncc(C=CC(=O)O)c2ccccc12. The summed E-state index contributed by atoms with van der Waals surface area (Å²) in [5, 5.41) is 10.3. The molecule has 80 valence electrons. The summed E-state index contributed by atoms with van der Waals surface area (Å²) in [6.45, 7) is 0. The molecule has 2 aromatic rings. The molecule has 2 rings (SSSR count). The van der Waals surface area contributed by atoms with Crippen molar-refractivity contribution >= 4 is 28.6 Å². The maximum Gasteiger partial charge on any atom is 0.328 e. The minimum atomic E-state index is -0.985. The summed E-state index contributed by atoms with van der Waals surface area (Å²) in [5.41, 5.74) is 6.47. The molecule has 0 amide bonds. The molecule has 0 atom stereocenters. The van der Waals surface area contributed by atoms with Gasteiger partial charge >= 0.3 is 5.97 Å². The summed E-state index contributed by atoms with van der Waals surface area (Å²) in [6, 6.07) is 7.48. The van der Waals surface area contributed by atoms with Gasteiger partial charge in [0.15, 0.2) is 0 Å². The Morgan fingerprint density at radius 3 is 2.69 bits per heavy atom. The van der Waals surface area contributed by atoms with Gasteiger partial charge in [-0.25, -0.2) is 9.78 Å². The van der Waals surface area contributed by atoms with E-state index in [2.05, 4.69) is 4.98 Å². The molecule has 0 bridgehead atoms. The van der Waals surface area contributed by atoms with E-state index < -0.39 is 5.97 Å². The van der Waals surface area contributed by atoms with Crippen LogP contribution in [-0.4, -0.2) is 16.1 Å². The summed E-state index contributed by atoms with van der Waals surface area (Å²) >= 11 is 0. The molecule has 0 saturated heterocycles. The van der Waals surface area contributed by atoms with Crippen LogP contribution >= 0.6 is 0 Å². The highest BCUT2D eigenvalue weighted by Crippen LogP contribution is 2.22. The van der Waals surface area contributed by atoms with Crippen LogP contribution in [0.2, 0.25) is 0 Å². The van der Waals surface area contributed by atoms with Crippen molar-refractivity contribution in [2.75, 3.05) is 5.73 Å². The van der Waals surface area contributed by atoms with Crippen molar-refractivity contribution in [3.05, 3.63) is 42.1 Å². The summed E-state index contributed by atoms with van der Waals surface area (Å²) in [5.74, 6) is -0.538. The van der Waals surface area contributed by atoms with E-state index in [9.17, 15) is 4.79 Å². The first kappa shape index (κ1) is 10.2. The molecule has 16 heavy (non-hydrogen) atoms. The quantitative estimate of drug-likeness (QED) is 0.749. The topological polar surface area (TPSA) is 76.2 Å². The van der Waals surface area contributed by atoms with Crippen molar-refractivity contribution in [1.29, 1.82) is 0 Å². The van der Waals surface area contributed by atoms with Crippen LogP contribution in [0.3, 0.4) is 0 Å². The van der Waals surface area contributed by atoms with Gasteiger partial charge in [-0.2, -0.15) is 0 Å². The highest BCUT2D eigenvalue weighted by Gasteiger charge is 2.02.